The van der Waals surface area contributed by atoms with Crippen LogP contribution in [0.5, 0.6) is 5.75 Å². The predicted molar refractivity (Wildman–Crippen MR) is 121 cm³/mol. The molecule has 0 saturated carbocycles. The van der Waals surface area contributed by atoms with Crippen LogP contribution < -0.4 is 10.0 Å². The van der Waals surface area contributed by atoms with Crippen LogP contribution >= 0.6 is 0 Å². The van der Waals surface area contributed by atoms with Crippen molar-refractivity contribution < 1.29 is 29.0 Å². The first-order valence-electron chi connectivity index (χ1n) is 11.1. The Morgan fingerprint density at radius 2 is 2.00 bits per heavy atom. The van der Waals surface area contributed by atoms with E-state index in [0.29, 0.717) is 29.4 Å². The quantitative estimate of drug-likeness (QED) is 0.433. The fourth-order valence-electron chi connectivity index (χ4n) is 4.69. The smallest absolute Gasteiger partial charge is 0.251 e. The van der Waals surface area contributed by atoms with Crippen LogP contribution in [0.4, 0.5) is 0 Å². The molecule has 34 heavy (non-hydrogen) atoms. The van der Waals surface area contributed by atoms with Gasteiger partial charge in [0.05, 0.1) is 6.10 Å². The molecule has 2 saturated heterocycles. The largest absolute Gasteiger partial charge is 0.618 e. The van der Waals surface area contributed by atoms with Gasteiger partial charge in [0.25, 0.3) is 5.91 Å². The lowest BCUT2D eigenvalue weighted by Crippen LogP contribution is -2.53. The monoisotopic (exact) mass is 461 g/mol. The molecule has 0 spiro atoms. The van der Waals surface area contributed by atoms with Gasteiger partial charge in [-0.15, -0.1) is 0 Å². The van der Waals surface area contributed by atoms with Gasteiger partial charge in [-0.25, -0.2) is 0 Å². The summed E-state index contributed by atoms with van der Waals surface area (Å²) in [7, 11) is 0. The molecule has 2 amide bonds. The Hall–Kier alpha value is -3.98. The molecule has 9 heteroatoms. The molecule has 174 valence electrons. The number of phenols is 1. The van der Waals surface area contributed by atoms with Gasteiger partial charge >= 0.3 is 0 Å². The number of amides is 2. The molecule has 2 aliphatic heterocycles. The van der Waals surface area contributed by atoms with E-state index in [-0.39, 0.29) is 36.6 Å². The van der Waals surface area contributed by atoms with Crippen LogP contribution in [0.15, 0.2) is 60.8 Å². The second kappa shape index (κ2) is 8.75. The van der Waals surface area contributed by atoms with E-state index in [4.69, 9.17) is 4.74 Å². The minimum atomic E-state index is -0.930. The fraction of sp³-hybridized carbons (Fsp3) is 0.280. The third-order valence-electron chi connectivity index (χ3n) is 6.40. The number of benzene rings is 2. The first-order valence-corrected chi connectivity index (χ1v) is 11.1. The van der Waals surface area contributed by atoms with Crippen molar-refractivity contribution in [3.63, 3.8) is 0 Å². The molecule has 9 nitrogen and oxygen atoms in total. The Balaban J connectivity index is 1.42. The molecule has 2 N–H and O–H groups in total. The van der Waals surface area contributed by atoms with Gasteiger partial charge in [-0.1, -0.05) is 12.1 Å². The van der Waals surface area contributed by atoms with Crippen LogP contribution in [-0.2, 0) is 20.7 Å². The maximum Gasteiger partial charge on any atom is 0.251 e. The number of phenolic OH excluding ortho intramolecular Hbond substituents is 1. The third kappa shape index (κ3) is 4.06. The van der Waals surface area contributed by atoms with Crippen LogP contribution in [0.1, 0.15) is 22.3 Å². The fourth-order valence-corrected chi connectivity index (χ4v) is 4.69. The first kappa shape index (κ1) is 21.8. The van der Waals surface area contributed by atoms with Gasteiger partial charge in [-0.05, 0) is 42.3 Å². The molecule has 2 aromatic carbocycles. The van der Waals surface area contributed by atoms with Crippen molar-refractivity contribution in [2.45, 2.75) is 31.0 Å². The number of rotatable bonds is 5. The lowest BCUT2D eigenvalue weighted by Gasteiger charge is -2.27. The van der Waals surface area contributed by atoms with Crippen LogP contribution in [0.3, 0.4) is 0 Å². The average molecular weight is 461 g/mol. The lowest BCUT2D eigenvalue weighted by atomic mass is 10.0. The molecule has 0 unspecified atom stereocenters. The van der Waals surface area contributed by atoms with Crippen molar-refractivity contribution in [3.8, 4) is 5.75 Å². The normalized spacial score (nSPS) is 20.4. The van der Waals surface area contributed by atoms with E-state index in [0.717, 1.165) is 10.3 Å². The van der Waals surface area contributed by atoms with Crippen LogP contribution in [0.25, 0.3) is 10.9 Å². The molecule has 0 bridgehead atoms. The Kier molecular flexibility index (Phi) is 5.62. The van der Waals surface area contributed by atoms with Gasteiger partial charge in [-0.2, -0.15) is 4.73 Å². The molecule has 2 fully saturated rings. The van der Waals surface area contributed by atoms with Gasteiger partial charge in [-0.3, -0.25) is 14.4 Å². The number of likely N-dealkylation sites (tertiary alicyclic amines) is 1. The highest BCUT2D eigenvalue weighted by atomic mass is 16.5. The number of nitrogens with one attached hydrogen (secondary N) is 1. The van der Waals surface area contributed by atoms with Crippen molar-refractivity contribution in [3.05, 3.63) is 77.1 Å². The molecule has 3 atom stereocenters. The van der Waals surface area contributed by atoms with Gasteiger partial charge < -0.3 is 25.3 Å². The summed E-state index contributed by atoms with van der Waals surface area (Å²) < 4.78 is 6.22. The molecular formula is C25H23N3O6. The van der Waals surface area contributed by atoms with Crippen molar-refractivity contribution in [1.82, 2.24) is 10.2 Å². The van der Waals surface area contributed by atoms with Crippen LogP contribution in [0, 0.1) is 5.21 Å². The summed E-state index contributed by atoms with van der Waals surface area (Å²) in [6, 6.07) is 12.9. The second-order valence-electron chi connectivity index (χ2n) is 8.59. The van der Waals surface area contributed by atoms with E-state index in [9.17, 15) is 24.7 Å². The second-order valence-corrected chi connectivity index (χ2v) is 8.59. The minimum Gasteiger partial charge on any atom is -0.618 e. The molecular weight excluding hydrogens is 438 g/mol. The van der Waals surface area contributed by atoms with Crippen molar-refractivity contribution >= 4 is 28.5 Å². The number of ketones is 1. The molecule has 2 aliphatic rings. The van der Waals surface area contributed by atoms with Gasteiger partial charge in [0.1, 0.15) is 24.4 Å². The Labute approximate surface area is 195 Å². The summed E-state index contributed by atoms with van der Waals surface area (Å²) in [5.41, 5.74) is 1.48. The Morgan fingerprint density at radius 3 is 2.79 bits per heavy atom. The Bertz CT molecular complexity index is 1280. The van der Waals surface area contributed by atoms with E-state index in [1.165, 1.54) is 29.3 Å². The number of hydrogen-bond acceptors (Lipinski definition) is 6. The number of pyridine rings is 1. The number of aromatic hydroxyl groups is 1. The highest BCUT2D eigenvalue weighted by molar-refractivity contribution is 6.01. The van der Waals surface area contributed by atoms with Gasteiger partial charge in [0, 0.05) is 36.0 Å². The third-order valence-corrected chi connectivity index (χ3v) is 6.40. The zero-order chi connectivity index (χ0) is 23.8. The number of ether oxygens (including phenoxy) is 1. The minimum absolute atomic E-state index is 0.00902. The maximum absolute atomic E-state index is 13.5. The van der Waals surface area contributed by atoms with E-state index in [2.05, 4.69) is 5.32 Å². The number of carbonyl (C=O) groups is 3. The summed E-state index contributed by atoms with van der Waals surface area (Å²) in [5.74, 6) is -0.861. The molecule has 3 heterocycles. The number of hydrogen-bond donors (Lipinski definition) is 2. The number of carbonyl (C=O) groups excluding carboxylic acids is 3. The van der Waals surface area contributed by atoms with Crippen LogP contribution in [-0.4, -0.2) is 58.9 Å². The number of nitrogens with zero attached hydrogens (tertiary/aromatic N) is 2. The summed E-state index contributed by atoms with van der Waals surface area (Å²) >= 11 is 0. The molecule has 0 aliphatic carbocycles. The molecule has 3 aromatic rings. The predicted octanol–water partition coefficient (Wildman–Crippen LogP) is 1.09. The van der Waals surface area contributed by atoms with E-state index in [1.807, 2.05) is 0 Å². The van der Waals surface area contributed by atoms with Gasteiger partial charge in [0.2, 0.25) is 11.4 Å². The van der Waals surface area contributed by atoms with E-state index in [1.54, 1.807) is 36.4 Å². The van der Waals surface area contributed by atoms with E-state index >= 15 is 0 Å². The zero-order valence-electron chi connectivity index (χ0n) is 18.2. The molecule has 1 aromatic heterocycles. The summed E-state index contributed by atoms with van der Waals surface area (Å²) in [6.07, 6.45) is 1.83. The zero-order valence-corrected chi connectivity index (χ0v) is 18.2. The van der Waals surface area contributed by atoms with Crippen molar-refractivity contribution in [2.24, 2.45) is 0 Å². The first-order chi connectivity index (χ1) is 16.4. The highest BCUT2D eigenvalue weighted by Crippen LogP contribution is 2.28. The topological polar surface area (TPSA) is 123 Å². The lowest BCUT2D eigenvalue weighted by molar-refractivity contribution is -0.577. The SMILES string of the molecule is O=C(N[C@@H](Cc1ccc(O)cc1)C(=O)N1CC[C@H]2OCC(=O)[C@H]21)c1ccc2c(ccc[n+]2[O-])c1. The van der Waals surface area contributed by atoms with Crippen molar-refractivity contribution in [1.29, 1.82) is 0 Å². The van der Waals surface area contributed by atoms with Gasteiger partial charge in [0.15, 0.2) is 12.0 Å². The summed E-state index contributed by atoms with van der Waals surface area (Å²) in [4.78, 5) is 40.5. The number of fused-ring (bicyclic) bond motifs is 2. The van der Waals surface area contributed by atoms with Crippen LogP contribution in [0.2, 0.25) is 0 Å². The maximum atomic E-state index is 13.5. The standard InChI is InChI=1S/C25H23N3O6/c29-18-6-3-15(4-7-18)12-19(25(32)27-11-9-22-23(27)21(30)14-34-22)26-24(31)17-5-8-20-16(13-17)2-1-10-28(20)33/h1-8,10,13,19,22-23,29H,9,11-12,14H2,(H,26,31)/t19-,22+,23+/m0/s1. The highest BCUT2D eigenvalue weighted by Gasteiger charge is 2.48. The average Bonchev–Trinajstić information content (AvgIpc) is 3.42. The Morgan fingerprint density at radius 1 is 1.21 bits per heavy atom. The molecule has 0 radical (unpaired) electrons. The van der Waals surface area contributed by atoms with Crippen molar-refractivity contribution in [2.75, 3.05) is 13.2 Å². The summed E-state index contributed by atoms with van der Waals surface area (Å²) in [5, 5.41) is 24.9. The molecule has 5 rings (SSSR count). The summed E-state index contributed by atoms with van der Waals surface area (Å²) in [6.45, 7) is 0.367. The number of aromatic nitrogens is 1. The van der Waals surface area contributed by atoms with E-state index < -0.39 is 18.0 Å². The number of Topliss-reactive ketones (excluding diaryl/α,β-unsaturated/α-hetero) is 1.